The Hall–Kier alpha value is -1.99. The molecule has 0 amide bonds. The van der Waals surface area contributed by atoms with Crippen molar-refractivity contribution in [3.05, 3.63) is 24.3 Å². The van der Waals surface area contributed by atoms with Crippen molar-refractivity contribution in [3.8, 4) is 11.5 Å². The van der Waals surface area contributed by atoms with Gasteiger partial charge in [0.05, 0.1) is 26.9 Å². The molecule has 0 spiro atoms. The van der Waals surface area contributed by atoms with Crippen LogP contribution in [0.15, 0.2) is 29.3 Å². The molecule has 1 atom stereocenters. The Morgan fingerprint density at radius 1 is 1.19 bits per heavy atom. The molecule has 1 aromatic carbocycles. The molecule has 2 N–H and O–H groups in total. The highest BCUT2D eigenvalue weighted by Crippen LogP contribution is 2.18. The molecule has 7 heteroatoms. The van der Waals surface area contributed by atoms with Gasteiger partial charge in [-0.25, -0.2) is 0 Å². The van der Waals surface area contributed by atoms with Crippen molar-refractivity contribution in [2.75, 3.05) is 53.6 Å². The molecule has 2 rings (SSSR count). The van der Waals surface area contributed by atoms with Gasteiger partial charge in [-0.2, -0.15) is 0 Å². The highest BCUT2D eigenvalue weighted by Gasteiger charge is 2.28. The van der Waals surface area contributed by atoms with Gasteiger partial charge in [-0.15, -0.1) is 0 Å². The van der Waals surface area contributed by atoms with Crippen LogP contribution in [-0.2, 0) is 4.74 Å². The van der Waals surface area contributed by atoms with Crippen LogP contribution < -0.4 is 20.1 Å². The summed E-state index contributed by atoms with van der Waals surface area (Å²) in [5.41, 5.74) is 0.0343. The zero-order chi connectivity index (χ0) is 19.7. The highest BCUT2D eigenvalue weighted by atomic mass is 16.5. The van der Waals surface area contributed by atoms with Crippen LogP contribution in [0, 0.1) is 0 Å². The molecule has 1 heterocycles. The lowest BCUT2D eigenvalue weighted by Gasteiger charge is -2.41. The summed E-state index contributed by atoms with van der Waals surface area (Å²) in [6.45, 7) is 11.5. The number of ether oxygens (including phenoxy) is 3. The van der Waals surface area contributed by atoms with E-state index < -0.39 is 0 Å². The fourth-order valence-corrected chi connectivity index (χ4v) is 2.97. The Labute approximate surface area is 163 Å². The number of benzene rings is 1. The monoisotopic (exact) mass is 378 g/mol. The molecule has 0 bridgehead atoms. The standard InChI is InChI=1S/C20H34N4O3/c1-16(27-18-8-6-17(25-5)7-9-18)14-22-19(21-4)23-15-20(2,3)24-10-12-26-13-11-24/h6-9,16H,10-15H2,1-5H3,(H2,21,22,23). The molecule has 0 aromatic heterocycles. The van der Waals surface area contributed by atoms with Crippen LogP contribution in [-0.4, -0.2) is 76.1 Å². The van der Waals surface area contributed by atoms with E-state index in [2.05, 4.69) is 34.4 Å². The van der Waals surface area contributed by atoms with Crippen molar-refractivity contribution in [1.29, 1.82) is 0 Å². The molecule has 0 saturated carbocycles. The lowest BCUT2D eigenvalue weighted by atomic mass is 10.0. The third kappa shape index (κ3) is 6.92. The van der Waals surface area contributed by atoms with Crippen molar-refractivity contribution in [2.24, 2.45) is 4.99 Å². The van der Waals surface area contributed by atoms with E-state index in [9.17, 15) is 0 Å². The maximum absolute atomic E-state index is 5.93. The molecule has 7 nitrogen and oxygen atoms in total. The van der Waals surface area contributed by atoms with Crippen LogP contribution >= 0.6 is 0 Å². The molecule has 1 fully saturated rings. The minimum Gasteiger partial charge on any atom is -0.497 e. The van der Waals surface area contributed by atoms with E-state index >= 15 is 0 Å². The topological polar surface area (TPSA) is 67.4 Å². The largest absolute Gasteiger partial charge is 0.497 e. The zero-order valence-corrected chi connectivity index (χ0v) is 17.2. The molecule has 27 heavy (non-hydrogen) atoms. The normalized spacial score (nSPS) is 17.3. The third-order valence-electron chi connectivity index (χ3n) is 4.73. The lowest BCUT2D eigenvalue weighted by molar-refractivity contribution is -0.00834. The van der Waals surface area contributed by atoms with Gasteiger partial charge in [0.15, 0.2) is 5.96 Å². The summed E-state index contributed by atoms with van der Waals surface area (Å²) >= 11 is 0. The number of hydrogen-bond donors (Lipinski definition) is 2. The maximum Gasteiger partial charge on any atom is 0.191 e. The highest BCUT2D eigenvalue weighted by molar-refractivity contribution is 5.79. The van der Waals surface area contributed by atoms with Gasteiger partial charge < -0.3 is 24.8 Å². The van der Waals surface area contributed by atoms with Crippen LogP contribution in [0.25, 0.3) is 0 Å². The fraction of sp³-hybridized carbons (Fsp3) is 0.650. The SMILES string of the molecule is CN=C(NCC(C)Oc1ccc(OC)cc1)NCC(C)(C)N1CCOCC1. The quantitative estimate of drug-likeness (QED) is 0.531. The van der Waals surface area contributed by atoms with E-state index in [0.29, 0.717) is 6.54 Å². The van der Waals surface area contributed by atoms with E-state index in [0.717, 1.165) is 50.3 Å². The van der Waals surface area contributed by atoms with Crippen molar-refractivity contribution in [2.45, 2.75) is 32.4 Å². The van der Waals surface area contributed by atoms with Crippen molar-refractivity contribution < 1.29 is 14.2 Å². The molecule has 0 radical (unpaired) electrons. The molecule has 1 saturated heterocycles. The molecular formula is C20H34N4O3. The summed E-state index contributed by atoms with van der Waals surface area (Å²) in [5, 5.41) is 6.76. The Morgan fingerprint density at radius 2 is 1.81 bits per heavy atom. The molecule has 1 aliphatic heterocycles. The van der Waals surface area contributed by atoms with E-state index in [1.807, 2.05) is 31.2 Å². The van der Waals surface area contributed by atoms with Gasteiger partial charge in [0.2, 0.25) is 0 Å². The van der Waals surface area contributed by atoms with E-state index in [-0.39, 0.29) is 11.6 Å². The molecule has 1 aromatic rings. The summed E-state index contributed by atoms with van der Waals surface area (Å²) < 4.78 is 16.5. The number of nitrogens with zero attached hydrogens (tertiary/aromatic N) is 2. The van der Waals surface area contributed by atoms with Gasteiger partial charge in [0, 0.05) is 32.2 Å². The summed E-state index contributed by atoms with van der Waals surface area (Å²) in [7, 11) is 3.44. The van der Waals surface area contributed by atoms with Crippen LogP contribution in [0.3, 0.4) is 0 Å². The summed E-state index contributed by atoms with van der Waals surface area (Å²) in [6, 6.07) is 7.61. The molecule has 0 aliphatic carbocycles. The van der Waals surface area contributed by atoms with E-state index in [1.54, 1.807) is 14.2 Å². The second-order valence-electron chi connectivity index (χ2n) is 7.32. The average Bonchev–Trinajstić information content (AvgIpc) is 2.69. The molecule has 1 unspecified atom stereocenters. The first-order valence-electron chi connectivity index (χ1n) is 9.52. The summed E-state index contributed by atoms with van der Waals surface area (Å²) in [6.07, 6.45) is 0.00389. The lowest BCUT2D eigenvalue weighted by Crippen LogP contribution is -2.56. The number of methoxy groups -OCH3 is 1. The van der Waals surface area contributed by atoms with Gasteiger partial charge >= 0.3 is 0 Å². The summed E-state index contributed by atoms with van der Waals surface area (Å²) in [5.74, 6) is 2.42. The first kappa shape index (κ1) is 21.3. The van der Waals surface area contributed by atoms with Gasteiger partial charge in [-0.05, 0) is 45.0 Å². The van der Waals surface area contributed by atoms with Gasteiger partial charge in [0.1, 0.15) is 17.6 Å². The Balaban J connectivity index is 1.75. The number of aliphatic imine (C=N–C) groups is 1. The van der Waals surface area contributed by atoms with Gasteiger partial charge in [-0.3, -0.25) is 9.89 Å². The first-order valence-corrected chi connectivity index (χ1v) is 9.52. The zero-order valence-electron chi connectivity index (χ0n) is 17.2. The molecule has 152 valence electrons. The molecular weight excluding hydrogens is 344 g/mol. The smallest absolute Gasteiger partial charge is 0.191 e. The number of guanidine groups is 1. The number of morpholine rings is 1. The van der Waals surface area contributed by atoms with Crippen molar-refractivity contribution in [3.63, 3.8) is 0 Å². The predicted octanol–water partition coefficient (Wildman–Crippen LogP) is 1.74. The fourth-order valence-electron chi connectivity index (χ4n) is 2.97. The van der Waals surface area contributed by atoms with Gasteiger partial charge in [-0.1, -0.05) is 0 Å². The second kappa shape index (κ2) is 10.4. The van der Waals surface area contributed by atoms with Crippen LogP contribution in [0.1, 0.15) is 20.8 Å². The average molecular weight is 379 g/mol. The molecule has 1 aliphatic rings. The van der Waals surface area contributed by atoms with Crippen LogP contribution in [0.5, 0.6) is 11.5 Å². The minimum absolute atomic E-state index is 0.00389. The third-order valence-corrected chi connectivity index (χ3v) is 4.73. The second-order valence-corrected chi connectivity index (χ2v) is 7.32. The van der Waals surface area contributed by atoms with Crippen molar-refractivity contribution >= 4 is 5.96 Å². The predicted molar refractivity (Wildman–Crippen MR) is 109 cm³/mol. The van der Waals surface area contributed by atoms with Gasteiger partial charge in [0.25, 0.3) is 0 Å². The number of nitrogens with one attached hydrogen (secondary N) is 2. The van der Waals surface area contributed by atoms with E-state index in [1.165, 1.54) is 0 Å². The Morgan fingerprint density at radius 3 is 2.41 bits per heavy atom. The van der Waals surface area contributed by atoms with E-state index in [4.69, 9.17) is 14.2 Å². The Kier molecular flexibility index (Phi) is 8.19. The van der Waals surface area contributed by atoms with Crippen LogP contribution in [0.2, 0.25) is 0 Å². The Bertz CT molecular complexity index is 583. The number of hydrogen-bond acceptors (Lipinski definition) is 5. The van der Waals surface area contributed by atoms with Crippen molar-refractivity contribution in [1.82, 2.24) is 15.5 Å². The maximum atomic E-state index is 5.93. The van der Waals surface area contributed by atoms with Crippen LogP contribution in [0.4, 0.5) is 0 Å². The first-order chi connectivity index (χ1) is 12.9. The summed E-state index contributed by atoms with van der Waals surface area (Å²) in [4.78, 5) is 6.77. The number of rotatable bonds is 8. The minimum atomic E-state index is 0.00389.